The number of Topliss-reactive ketones (excluding diaryl/α,β-unsaturated/α-hetero) is 1. The molecule has 1 aromatic carbocycles. The van der Waals surface area contributed by atoms with Gasteiger partial charge in [0, 0.05) is 31.4 Å². The Morgan fingerprint density at radius 2 is 2.03 bits per heavy atom. The second kappa shape index (κ2) is 9.35. The van der Waals surface area contributed by atoms with Crippen molar-refractivity contribution in [2.45, 2.75) is 12.5 Å². The van der Waals surface area contributed by atoms with Crippen LogP contribution in [-0.4, -0.2) is 59.6 Å². The molecule has 1 N–H and O–H groups in total. The van der Waals surface area contributed by atoms with Gasteiger partial charge in [-0.25, -0.2) is 4.98 Å². The summed E-state index contributed by atoms with van der Waals surface area (Å²) in [6.07, 6.45) is -0.821. The maximum atomic E-state index is 13.2. The van der Waals surface area contributed by atoms with Gasteiger partial charge in [0.15, 0.2) is 5.13 Å². The van der Waals surface area contributed by atoms with Gasteiger partial charge < -0.3 is 15.0 Å². The minimum absolute atomic E-state index is 0.0147. The molecule has 5 rings (SSSR count). The van der Waals surface area contributed by atoms with E-state index in [9.17, 15) is 19.2 Å². The normalized spacial score (nSPS) is 17.2. The fourth-order valence-electron chi connectivity index (χ4n) is 3.84. The number of anilines is 1. The summed E-state index contributed by atoms with van der Waals surface area (Å²) in [4.78, 5) is 58.4. The molecule has 34 heavy (non-hydrogen) atoms. The number of carbonyl (C=O) groups is 4. The predicted molar refractivity (Wildman–Crippen MR) is 126 cm³/mol. The third kappa shape index (κ3) is 4.31. The number of thiazole rings is 1. The van der Waals surface area contributed by atoms with Crippen LogP contribution in [0.15, 0.2) is 47.2 Å². The van der Waals surface area contributed by atoms with Crippen molar-refractivity contribution in [1.82, 2.24) is 15.2 Å². The first-order chi connectivity index (χ1) is 16.5. The van der Waals surface area contributed by atoms with Gasteiger partial charge in [-0.2, -0.15) is 0 Å². The smallest absolute Gasteiger partial charge is 0.270 e. The highest BCUT2D eigenvalue weighted by atomic mass is 32.1. The fourth-order valence-corrected chi connectivity index (χ4v) is 5.38. The number of aromatic nitrogens is 1. The van der Waals surface area contributed by atoms with E-state index in [0.717, 1.165) is 0 Å². The zero-order valence-corrected chi connectivity index (χ0v) is 19.6. The van der Waals surface area contributed by atoms with Crippen LogP contribution in [0.25, 0.3) is 0 Å². The lowest BCUT2D eigenvalue weighted by Gasteiger charge is -2.27. The highest BCUT2D eigenvalue weighted by molar-refractivity contribution is 7.14. The van der Waals surface area contributed by atoms with Crippen molar-refractivity contribution in [3.63, 3.8) is 0 Å². The van der Waals surface area contributed by atoms with Crippen molar-refractivity contribution in [3.8, 4) is 5.75 Å². The third-order valence-corrected chi connectivity index (χ3v) is 7.30. The van der Waals surface area contributed by atoms with Gasteiger partial charge in [-0.15, -0.1) is 22.7 Å². The van der Waals surface area contributed by atoms with Crippen LogP contribution in [0.3, 0.4) is 0 Å². The Morgan fingerprint density at radius 1 is 1.18 bits per heavy atom. The molecule has 0 radical (unpaired) electrons. The van der Waals surface area contributed by atoms with Crippen molar-refractivity contribution in [2.75, 3.05) is 31.1 Å². The first-order valence-corrected chi connectivity index (χ1v) is 12.4. The maximum Gasteiger partial charge on any atom is 0.270 e. The average Bonchev–Trinajstić information content (AvgIpc) is 3.60. The molecule has 4 heterocycles. The van der Waals surface area contributed by atoms with E-state index in [1.165, 1.54) is 32.5 Å². The SMILES string of the molecule is O=C1CN(C(=O)CCN(C(=O)c2cccs2)c2nc(C3Oc4ccccc4C3=O)cs2)CCN1. The number of ether oxygens (including phenoxy) is 1. The number of benzene rings is 1. The van der Waals surface area contributed by atoms with E-state index in [0.29, 0.717) is 40.1 Å². The Bertz CT molecular complexity index is 1260. The molecule has 2 aromatic heterocycles. The van der Waals surface area contributed by atoms with E-state index < -0.39 is 6.10 Å². The first kappa shape index (κ1) is 22.2. The Balaban J connectivity index is 1.35. The Kier molecular flexibility index (Phi) is 6.12. The monoisotopic (exact) mass is 496 g/mol. The summed E-state index contributed by atoms with van der Waals surface area (Å²) in [6.45, 7) is 0.962. The summed E-state index contributed by atoms with van der Waals surface area (Å²) >= 11 is 2.52. The number of hydrogen-bond acceptors (Lipinski definition) is 8. The predicted octanol–water partition coefficient (Wildman–Crippen LogP) is 2.52. The maximum absolute atomic E-state index is 13.2. The zero-order valence-electron chi connectivity index (χ0n) is 17.9. The lowest BCUT2D eigenvalue weighted by molar-refractivity contribution is -0.138. The molecule has 0 spiro atoms. The van der Waals surface area contributed by atoms with E-state index in [2.05, 4.69) is 10.3 Å². The number of piperazine rings is 1. The van der Waals surface area contributed by atoms with Gasteiger partial charge in [0.05, 0.1) is 17.0 Å². The number of rotatable bonds is 6. The third-order valence-electron chi connectivity index (χ3n) is 5.56. The average molecular weight is 497 g/mol. The molecule has 0 aliphatic carbocycles. The highest BCUT2D eigenvalue weighted by Gasteiger charge is 2.36. The number of fused-ring (bicyclic) bond motifs is 1. The molecular formula is C23H20N4O5S2. The van der Waals surface area contributed by atoms with Crippen LogP contribution in [0.4, 0.5) is 5.13 Å². The van der Waals surface area contributed by atoms with Crippen molar-refractivity contribution >= 4 is 51.3 Å². The van der Waals surface area contributed by atoms with Gasteiger partial charge in [-0.3, -0.25) is 24.1 Å². The highest BCUT2D eigenvalue weighted by Crippen LogP contribution is 2.38. The van der Waals surface area contributed by atoms with Crippen LogP contribution < -0.4 is 15.0 Å². The van der Waals surface area contributed by atoms with E-state index >= 15 is 0 Å². The lowest BCUT2D eigenvalue weighted by atomic mass is 10.1. The number of nitrogens with one attached hydrogen (secondary N) is 1. The van der Waals surface area contributed by atoms with Crippen LogP contribution in [0.2, 0.25) is 0 Å². The van der Waals surface area contributed by atoms with Gasteiger partial charge in [0.2, 0.25) is 23.7 Å². The van der Waals surface area contributed by atoms with E-state index in [-0.39, 0.29) is 43.0 Å². The molecule has 2 aliphatic heterocycles. The molecule has 1 saturated heterocycles. The Morgan fingerprint density at radius 3 is 2.79 bits per heavy atom. The number of carbonyl (C=O) groups excluding carboxylic acids is 4. The van der Waals surface area contributed by atoms with E-state index in [4.69, 9.17) is 4.74 Å². The molecule has 3 amide bonds. The molecule has 0 bridgehead atoms. The quantitative estimate of drug-likeness (QED) is 0.562. The molecule has 3 aromatic rings. The van der Waals surface area contributed by atoms with E-state index in [1.54, 1.807) is 47.2 Å². The number of amides is 3. The molecule has 1 unspecified atom stereocenters. The van der Waals surface area contributed by atoms with Crippen LogP contribution in [-0.2, 0) is 9.59 Å². The summed E-state index contributed by atoms with van der Waals surface area (Å²) in [5, 5.41) is 6.58. The second-order valence-electron chi connectivity index (χ2n) is 7.76. The van der Waals surface area contributed by atoms with Gasteiger partial charge in [0.25, 0.3) is 5.91 Å². The summed E-state index contributed by atoms with van der Waals surface area (Å²) in [7, 11) is 0. The minimum atomic E-state index is -0.866. The topological polar surface area (TPSA) is 109 Å². The molecule has 9 nitrogen and oxygen atoms in total. The first-order valence-electron chi connectivity index (χ1n) is 10.7. The number of nitrogens with zero attached hydrogens (tertiary/aromatic N) is 3. The molecular weight excluding hydrogens is 476 g/mol. The summed E-state index contributed by atoms with van der Waals surface area (Å²) in [5.74, 6) is -0.350. The molecule has 2 aliphatic rings. The Labute approximate surface area is 203 Å². The van der Waals surface area contributed by atoms with Crippen molar-refractivity contribution in [2.24, 2.45) is 0 Å². The van der Waals surface area contributed by atoms with Gasteiger partial charge in [-0.05, 0) is 23.6 Å². The summed E-state index contributed by atoms with van der Waals surface area (Å²) in [6, 6.07) is 10.5. The molecule has 174 valence electrons. The number of ketones is 1. The zero-order chi connectivity index (χ0) is 23.7. The molecule has 1 atom stereocenters. The number of hydrogen-bond donors (Lipinski definition) is 1. The van der Waals surface area contributed by atoms with Crippen molar-refractivity contribution in [3.05, 3.63) is 63.3 Å². The fraction of sp³-hybridized carbons (Fsp3) is 0.261. The standard InChI is InChI=1S/C23H20N4O5S2/c28-18-12-26(10-8-24-18)19(29)7-9-27(22(31)17-6-3-11-33-17)23-25-15(13-34-23)21-20(30)14-4-1-2-5-16(14)32-21/h1-6,11,13,21H,7-10,12H2,(H,24,28). The largest absolute Gasteiger partial charge is 0.475 e. The van der Waals surface area contributed by atoms with Crippen molar-refractivity contribution < 1.29 is 23.9 Å². The Hall–Kier alpha value is -3.57. The van der Waals surface area contributed by atoms with Crippen molar-refractivity contribution in [1.29, 1.82) is 0 Å². The number of thiophene rings is 1. The second-order valence-corrected chi connectivity index (χ2v) is 9.55. The number of para-hydroxylation sites is 1. The molecule has 0 saturated carbocycles. The van der Waals surface area contributed by atoms with Crippen LogP contribution in [0, 0.1) is 0 Å². The minimum Gasteiger partial charge on any atom is -0.475 e. The van der Waals surface area contributed by atoms with Crippen LogP contribution in [0.1, 0.15) is 38.2 Å². The van der Waals surface area contributed by atoms with Crippen LogP contribution >= 0.6 is 22.7 Å². The molecule has 11 heteroatoms. The van der Waals surface area contributed by atoms with Crippen LogP contribution in [0.5, 0.6) is 5.75 Å². The summed E-state index contributed by atoms with van der Waals surface area (Å²) in [5.41, 5.74) is 0.925. The lowest BCUT2D eigenvalue weighted by Crippen LogP contribution is -2.50. The van der Waals surface area contributed by atoms with Gasteiger partial charge in [0.1, 0.15) is 11.4 Å². The van der Waals surface area contributed by atoms with Gasteiger partial charge in [-0.1, -0.05) is 18.2 Å². The van der Waals surface area contributed by atoms with E-state index in [1.807, 2.05) is 0 Å². The molecule has 1 fully saturated rings. The summed E-state index contributed by atoms with van der Waals surface area (Å²) < 4.78 is 5.81. The van der Waals surface area contributed by atoms with Gasteiger partial charge >= 0.3 is 0 Å².